The number of nitrogens with one attached hydrogen (secondary N) is 3. The van der Waals surface area contributed by atoms with Gasteiger partial charge in [0.2, 0.25) is 0 Å². The molecule has 3 aromatic rings. The largest absolute Gasteiger partial charge is 0.493 e. The number of carbonyl (C=O) groups excluding carboxylic acids is 3. The molecule has 0 aliphatic carbocycles. The summed E-state index contributed by atoms with van der Waals surface area (Å²) in [5.41, 5.74) is 3.20. The third-order valence-corrected chi connectivity index (χ3v) is 5.28. The maximum atomic E-state index is 12.9. The quantitative estimate of drug-likeness (QED) is 0.227. The lowest BCUT2D eigenvalue weighted by atomic mass is 10.2. The van der Waals surface area contributed by atoms with Gasteiger partial charge in [0.25, 0.3) is 5.91 Å². The summed E-state index contributed by atoms with van der Waals surface area (Å²) in [7, 11) is 1.41. The van der Waals surface area contributed by atoms with Crippen LogP contribution in [0.2, 0.25) is 10.0 Å². The van der Waals surface area contributed by atoms with Crippen LogP contribution >= 0.6 is 23.2 Å². The molecule has 0 aromatic heterocycles. The Morgan fingerprint density at radius 2 is 1.72 bits per heavy atom. The zero-order chi connectivity index (χ0) is 26.1. The molecule has 0 aliphatic heterocycles. The summed E-state index contributed by atoms with van der Waals surface area (Å²) in [5.74, 6) is -2.35. The van der Waals surface area contributed by atoms with Crippen molar-refractivity contribution in [2.24, 2.45) is 5.10 Å². The molecule has 3 aromatic carbocycles. The highest BCUT2D eigenvalue weighted by Crippen LogP contribution is 2.30. The lowest BCUT2D eigenvalue weighted by Gasteiger charge is -2.12. The summed E-state index contributed by atoms with van der Waals surface area (Å²) >= 11 is 12.0. The van der Waals surface area contributed by atoms with E-state index in [2.05, 4.69) is 21.2 Å². The lowest BCUT2D eigenvalue weighted by molar-refractivity contribution is -0.136. The van der Waals surface area contributed by atoms with E-state index in [1.807, 2.05) is 0 Å². The average Bonchev–Trinajstić information content (AvgIpc) is 2.87. The summed E-state index contributed by atoms with van der Waals surface area (Å²) in [6.07, 6.45) is 1.28. The second kappa shape index (κ2) is 12.5. The van der Waals surface area contributed by atoms with E-state index in [0.717, 1.165) is 12.1 Å². The average molecular weight is 533 g/mol. The van der Waals surface area contributed by atoms with Crippen molar-refractivity contribution in [2.45, 2.75) is 0 Å². The molecule has 0 saturated heterocycles. The number of hydrogen-bond donors (Lipinski definition) is 3. The highest BCUT2D eigenvalue weighted by atomic mass is 35.5. The Morgan fingerprint density at radius 1 is 0.972 bits per heavy atom. The number of halogens is 3. The Balaban J connectivity index is 1.53. The topological polar surface area (TPSA) is 118 Å². The van der Waals surface area contributed by atoms with E-state index in [4.69, 9.17) is 32.7 Å². The SMILES string of the molecule is COc1cc(/C=N\NC(=O)C(=O)Nc2ccc(F)cc2)ccc1OCC(=O)Nc1cccc(Cl)c1Cl. The fourth-order valence-corrected chi connectivity index (χ4v) is 3.10. The zero-order valence-corrected chi connectivity index (χ0v) is 20.2. The summed E-state index contributed by atoms with van der Waals surface area (Å²) in [4.78, 5) is 36.0. The number of rotatable bonds is 8. The van der Waals surface area contributed by atoms with Gasteiger partial charge in [0.05, 0.1) is 29.1 Å². The number of carbonyl (C=O) groups is 3. The van der Waals surface area contributed by atoms with Gasteiger partial charge in [-0.3, -0.25) is 14.4 Å². The molecule has 3 rings (SSSR count). The minimum atomic E-state index is -1.02. The number of amides is 3. The Kier molecular flexibility index (Phi) is 9.20. The van der Waals surface area contributed by atoms with Gasteiger partial charge >= 0.3 is 11.8 Å². The Bertz CT molecular complexity index is 1300. The van der Waals surface area contributed by atoms with Gasteiger partial charge in [0.15, 0.2) is 18.1 Å². The van der Waals surface area contributed by atoms with Crippen LogP contribution in [-0.2, 0) is 14.4 Å². The van der Waals surface area contributed by atoms with E-state index in [-0.39, 0.29) is 23.1 Å². The molecule has 12 heteroatoms. The molecule has 0 spiro atoms. The predicted molar refractivity (Wildman–Crippen MR) is 134 cm³/mol. The van der Waals surface area contributed by atoms with Gasteiger partial charge < -0.3 is 20.1 Å². The third-order valence-electron chi connectivity index (χ3n) is 4.46. The molecule has 0 fully saturated rings. The van der Waals surface area contributed by atoms with Crippen molar-refractivity contribution in [2.75, 3.05) is 24.4 Å². The van der Waals surface area contributed by atoms with E-state index in [1.165, 1.54) is 25.5 Å². The number of hydrogen-bond acceptors (Lipinski definition) is 6. The maximum absolute atomic E-state index is 12.9. The predicted octanol–water partition coefficient (Wildman–Crippen LogP) is 4.25. The molecule has 0 aliphatic rings. The molecular formula is C24H19Cl2FN4O5. The number of anilines is 2. The summed E-state index contributed by atoms with van der Waals surface area (Å²) in [6.45, 7) is -0.328. The molecule has 9 nitrogen and oxygen atoms in total. The number of methoxy groups -OCH3 is 1. The molecule has 186 valence electrons. The van der Waals surface area contributed by atoms with Gasteiger partial charge in [-0.15, -0.1) is 0 Å². The monoisotopic (exact) mass is 532 g/mol. The summed E-state index contributed by atoms with van der Waals surface area (Å²) in [6, 6.07) is 14.5. The van der Waals surface area contributed by atoms with Gasteiger partial charge in [-0.25, -0.2) is 9.82 Å². The molecule has 3 N–H and O–H groups in total. The van der Waals surface area contributed by atoms with Crippen LogP contribution in [0.5, 0.6) is 11.5 Å². The third kappa shape index (κ3) is 7.42. The molecule has 36 heavy (non-hydrogen) atoms. The van der Waals surface area contributed by atoms with Crippen molar-refractivity contribution in [3.63, 3.8) is 0 Å². The Hall–Kier alpha value is -4.15. The van der Waals surface area contributed by atoms with E-state index in [0.29, 0.717) is 22.0 Å². The summed E-state index contributed by atoms with van der Waals surface area (Å²) in [5, 5.41) is 9.17. The Labute approximate surface area is 215 Å². The second-order valence-electron chi connectivity index (χ2n) is 7.01. The first-order valence-corrected chi connectivity index (χ1v) is 11.0. The van der Waals surface area contributed by atoms with Gasteiger partial charge in [-0.05, 0) is 60.2 Å². The molecule has 3 amide bonds. The second-order valence-corrected chi connectivity index (χ2v) is 7.79. The van der Waals surface area contributed by atoms with Crippen molar-refractivity contribution in [3.8, 4) is 11.5 Å². The smallest absolute Gasteiger partial charge is 0.329 e. The zero-order valence-electron chi connectivity index (χ0n) is 18.7. The van der Waals surface area contributed by atoms with Crippen LogP contribution in [0.1, 0.15) is 5.56 Å². The van der Waals surface area contributed by atoms with E-state index in [9.17, 15) is 18.8 Å². The van der Waals surface area contributed by atoms with Crippen LogP contribution in [0.4, 0.5) is 15.8 Å². The van der Waals surface area contributed by atoms with Crippen LogP contribution < -0.4 is 25.5 Å². The lowest BCUT2D eigenvalue weighted by Crippen LogP contribution is -2.32. The van der Waals surface area contributed by atoms with Gasteiger partial charge in [0, 0.05) is 5.69 Å². The summed E-state index contributed by atoms with van der Waals surface area (Å²) < 4.78 is 23.7. The van der Waals surface area contributed by atoms with Crippen LogP contribution in [0.15, 0.2) is 65.8 Å². The molecule has 0 radical (unpaired) electrons. The highest BCUT2D eigenvalue weighted by molar-refractivity contribution is 6.44. The molecular weight excluding hydrogens is 514 g/mol. The van der Waals surface area contributed by atoms with E-state index >= 15 is 0 Å². The van der Waals surface area contributed by atoms with E-state index < -0.39 is 23.5 Å². The van der Waals surface area contributed by atoms with Crippen molar-refractivity contribution >= 4 is 58.5 Å². The molecule has 0 heterocycles. The van der Waals surface area contributed by atoms with Gasteiger partial charge in [0.1, 0.15) is 5.82 Å². The van der Waals surface area contributed by atoms with Crippen LogP contribution in [0.25, 0.3) is 0 Å². The highest BCUT2D eigenvalue weighted by Gasteiger charge is 2.14. The molecule has 0 unspecified atom stereocenters. The minimum absolute atomic E-state index is 0.216. The number of hydrazone groups is 1. The van der Waals surface area contributed by atoms with Crippen LogP contribution in [0.3, 0.4) is 0 Å². The van der Waals surface area contributed by atoms with Crippen LogP contribution in [-0.4, -0.2) is 37.7 Å². The van der Waals surface area contributed by atoms with Crippen molar-refractivity contribution in [3.05, 3.63) is 82.1 Å². The Morgan fingerprint density at radius 3 is 2.44 bits per heavy atom. The van der Waals surface area contributed by atoms with Gasteiger partial charge in [-0.1, -0.05) is 29.3 Å². The number of nitrogens with zero attached hydrogens (tertiary/aromatic N) is 1. The first kappa shape index (κ1) is 26.5. The van der Waals surface area contributed by atoms with Gasteiger partial charge in [-0.2, -0.15) is 5.10 Å². The first-order valence-electron chi connectivity index (χ1n) is 10.2. The van der Waals surface area contributed by atoms with Crippen LogP contribution in [0, 0.1) is 5.82 Å². The van der Waals surface area contributed by atoms with Crippen molar-refractivity contribution < 1.29 is 28.2 Å². The van der Waals surface area contributed by atoms with E-state index in [1.54, 1.807) is 36.4 Å². The van der Waals surface area contributed by atoms with Crippen molar-refractivity contribution in [1.82, 2.24) is 5.43 Å². The standard InChI is InChI=1S/C24H19Cl2FN4O5/c1-35-20-11-14(12-28-31-24(34)23(33)29-16-8-6-15(27)7-9-16)5-10-19(20)36-13-21(32)30-18-4-2-3-17(25)22(18)26/h2-12H,13H2,1H3,(H,29,33)(H,30,32)(H,31,34)/b28-12-. The number of ether oxygens (including phenoxy) is 2. The molecule has 0 bridgehead atoms. The first-order chi connectivity index (χ1) is 17.3. The van der Waals surface area contributed by atoms with Crippen molar-refractivity contribution in [1.29, 1.82) is 0 Å². The molecule has 0 atom stereocenters. The fourth-order valence-electron chi connectivity index (χ4n) is 2.75. The minimum Gasteiger partial charge on any atom is -0.493 e. The fraction of sp³-hybridized carbons (Fsp3) is 0.0833. The maximum Gasteiger partial charge on any atom is 0.329 e. The molecule has 0 saturated carbocycles. The number of benzene rings is 3. The normalized spacial score (nSPS) is 10.6.